The first-order valence-corrected chi connectivity index (χ1v) is 8.92. The molecule has 1 aliphatic heterocycles. The lowest BCUT2D eigenvalue weighted by molar-refractivity contribution is -0.138. The number of nitrogens with one attached hydrogen (secondary N) is 1. The summed E-state index contributed by atoms with van der Waals surface area (Å²) in [6.07, 6.45) is 0.466. The first kappa shape index (κ1) is 17.4. The van der Waals surface area contributed by atoms with Crippen molar-refractivity contribution in [1.29, 1.82) is 0 Å². The van der Waals surface area contributed by atoms with Crippen molar-refractivity contribution in [3.63, 3.8) is 0 Å². The molecule has 0 spiro atoms. The van der Waals surface area contributed by atoms with E-state index in [0.717, 1.165) is 22.9 Å². The van der Waals surface area contributed by atoms with Crippen molar-refractivity contribution in [2.45, 2.75) is 26.3 Å². The second-order valence-corrected chi connectivity index (χ2v) is 6.60. The Morgan fingerprint density at radius 1 is 1.20 bits per heavy atom. The first-order chi connectivity index (χ1) is 12.1. The van der Waals surface area contributed by atoms with Crippen LogP contribution in [0.5, 0.6) is 0 Å². The van der Waals surface area contributed by atoms with Gasteiger partial charge in [0, 0.05) is 11.8 Å². The summed E-state index contributed by atoms with van der Waals surface area (Å²) in [6.45, 7) is 3.77. The SMILES string of the molecule is Cc1cccnc1NC(C)OC(c1ccccc1)N1C(=O)CSC1=O. The minimum Gasteiger partial charge on any atom is -0.345 e. The molecule has 130 valence electrons. The third kappa shape index (κ3) is 4.00. The van der Waals surface area contributed by atoms with Crippen molar-refractivity contribution >= 4 is 28.7 Å². The molecule has 2 amide bonds. The van der Waals surface area contributed by atoms with Crippen LogP contribution in [-0.4, -0.2) is 33.0 Å². The van der Waals surface area contributed by atoms with E-state index in [1.54, 1.807) is 6.20 Å². The van der Waals surface area contributed by atoms with Crippen molar-refractivity contribution in [2.24, 2.45) is 0 Å². The molecule has 0 radical (unpaired) electrons. The molecule has 0 aliphatic carbocycles. The Balaban J connectivity index is 1.81. The summed E-state index contributed by atoms with van der Waals surface area (Å²) in [5, 5.41) is 2.88. The second kappa shape index (κ2) is 7.67. The number of rotatable bonds is 6. The van der Waals surface area contributed by atoms with E-state index in [4.69, 9.17) is 4.74 Å². The van der Waals surface area contributed by atoms with Gasteiger partial charge in [0.15, 0.2) is 6.23 Å². The van der Waals surface area contributed by atoms with Crippen molar-refractivity contribution in [2.75, 3.05) is 11.1 Å². The number of benzene rings is 1. The monoisotopic (exact) mass is 357 g/mol. The highest BCUT2D eigenvalue weighted by molar-refractivity contribution is 8.14. The van der Waals surface area contributed by atoms with Crippen LogP contribution in [0.1, 0.15) is 24.3 Å². The van der Waals surface area contributed by atoms with E-state index in [1.165, 1.54) is 4.90 Å². The fourth-order valence-electron chi connectivity index (χ4n) is 2.55. The number of amides is 2. The zero-order valence-corrected chi connectivity index (χ0v) is 14.8. The molecule has 1 N–H and O–H groups in total. The van der Waals surface area contributed by atoms with Crippen molar-refractivity contribution in [3.05, 3.63) is 59.8 Å². The van der Waals surface area contributed by atoms with Gasteiger partial charge in [-0.1, -0.05) is 48.2 Å². The second-order valence-electron chi connectivity index (χ2n) is 5.67. The van der Waals surface area contributed by atoms with Gasteiger partial charge in [0.2, 0.25) is 5.91 Å². The number of nitrogens with zero attached hydrogens (tertiary/aromatic N) is 2. The Bertz CT molecular complexity index is 753. The molecular weight excluding hydrogens is 338 g/mol. The predicted octanol–water partition coefficient (Wildman–Crippen LogP) is 3.56. The molecule has 2 atom stereocenters. The summed E-state index contributed by atoms with van der Waals surface area (Å²) in [5.41, 5.74) is 1.73. The fourth-order valence-corrected chi connectivity index (χ4v) is 3.28. The largest absolute Gasteiger partial charge is 0.345 e. The molecule has 1 aromatic heterocycles. The maximum absolute atomic E-state index is 12.2. The van der Waals surface area contributed by atoms with E-state index in [0.29, 0.717) is 5.82 Å². The minimum absolute atomic E-state index is 0.146. The van der Waals surface area contributed by atoms with Gasteiger partial charge < -0.3 is 10.1 Å². The third-order valence-electron chi connectivity index (χ3n) is 3.79. The van der Waals surface area contributed by atoms with Gasteiger partial charge in [-0.25, -0.2) is 9.88 Å². The van der Waals surface area contributed by atoms with E-state index < -0.39 is 12.5 Å². The molecule has 2 aromatic rings. The number of carbonyl (C=O) groups is 2. The summed E-state index contributed by atoms with van der Waals surface area (Å²) in [5.74, 6) is 0.604. The van der Waals surface area contributed by atoms with Gasteiger partial charge in [-0.15, -0.1) is 0 Å². The summed E-state index contributed by atoms with van der Waals surface area (Å²) in [7, 11) is 0. The van der Waals surface area contributed by atoms with Gasteiger partial charge in [0.1, 0.15) is 12.0 Å². The smallest absolute Gasteiger partial charge is 0.291 e. The molecule has 25 heavy (non-hydrogen) atoms. The zero-order chi connectivity index (χ0) is 17.8. The average Bonchev–Trinajstić information content (AvgIpc) is 2.94. The number of hydrogen-bond acceptors (Lipinski definition) is 6. The molecule has 2 unspecified atom stereocenters. The molecule has 0 saturated carbocycles. The predicted molar refractivity (Wildman–Crippen MR) is 97.0 cm³/mol. The van der Waals surface area contributed by atoms with Crippen molar-refractivity contribution < 1.29 is 14.3 Å². The van der Waals surface area contributed by atoms with Crippen LogP contribution in [0, 0.1) is 6.92 Å². The van der Waals surface area contributed by atoms with Crippen LogP contribution in [0.2, 0.25) is 0 Å². The Labute approximate surface area is 150 Å². The molecule has 1 aliphatic rings. The maximum Gasteiger partial charge on any atom is 0.291 e. The molecule has 1 saturated heterocycles. The highest BCUT2D eigenvalue weighted by Crippen LogP contribution is 2.32. The quantitative estimate of drug-likeness (QED) is 0.797. The molecule has 6 nitrogen and oxygen atoms in total. The third-order valence-corrected chi connectivity index (χ3v) is 4.62. The number of thioether (sulfide) groups is 1. The number of aromatic nitrogens is 1. The molecule has 2 heterocycles. The number of anilines is 1. The lowest BCUT2D eigenvalue weighted by atomic mass is 10.2. The Hall–Kier alpha value is -2.38. The van der Waals surface area contributed by atoms with Crippen LogP contribution in [-0.2, 0) is 9.53 Å². The van der Waals surface area contributed by atoms with Crippen molar-refractivity contribution in [3.8, 4) is 0 Å². The number of aryl methyl sites for hydroxylation is 1. The van der Waals surface area contributed by atoms with Gasteiger partial charge >= 0.3 is 0 Å². The van der Waals surface area contributed by atoms with Gasteiger partial charge in [0.05, 0.1) is 5.75 Å². The zero-order valence-electron chi connectivity index (χ0n) is 14.0. The van der Waals surface area contributed by atoms with E-state index in [2.05, 4.69) is 10.3 Å². The summed E-state index contributed by atoms with van der Waals surface area (Å²) >= 11 is 0.995. The molecule has 1 aromatic carbocycles. The van der Waals surface area contributed by atoms with E-state index >= 15 is 0 Å². The molecule has 1 fully saturated rings. The van der Waals surface area contributed by atoms with Gasteiger partial charge in [0.25, 0.3) is 5.24 Å². The Morgan fingerprint density at radius 2 is 1.96 bits per heavy atom. The molecule has 3 rings (SSSR count). The van der Waals surface area contributed by atoms with E-state index in [9.17, 15) is 9.59 Å². The minimum atomic E-state index is -0.775. The normalized spacial score (nSPS) is 16.8. The summed E-state index contributed by atoms with van der Waals surface area (Å²) < 4.78 is 6.04. The molecular formula is C18H19N3O3S. The van der Waals surface area contributed by atoms with Crippen LogP contribution >= 0.6 is 11.8 Å². The topological polar surface area (TPSA) is 71.5 Å². The highest BCUT2D eigenvalue weighted by atomic mass is 32.2. The Kier molecular flexibility index (Phi) is 5.35. The number of carbonyl (C=O) groups excluding carboxylic acids is 2. The first-order valence-electron chi connectivity index (χ1n) is 7.93. The number of pyridine rings is 1. The van der Waals surface area contributed by atoms with Crippen LogP contribution in [0.15, 0.2) is 48.7 Å². The van der Waals surface area contributed by atoms with Crippen molar-refractivity contribution in [1.82, 2.24) is 9.88 Å². The average molecular weight is 357 g/mol. The lowest BCUT2D eigenvalue weighted by Crippen LogP contribution is -2.38. The van der Waals surface area contributed by atoms with Crippen LogP contribution in [0.25, 0.3) is 0 Å². The van der Waals surface area contributed by atoms with E-state index in [-0.39, 0.29) is 16.9 Å². The van der Waals surface area contributed by atoms with Gasteiger partial charge in [-0.2, -0.15) is 0 Å². The number of hydrogen-bond donors (Lipinski definition) is 1. The van der Waals surface area contributed by atoms with Gasteiger partial charge in [-0.3, -0.25) is 9.59 Å². The maximum atomic E-state index is 12.2. The Morgan fingerprint density at radius 3 is 2.60 bits per heavy atom. The summed E-state index contributed by atoms with van der Waals surface area (Å²) in [6, 6.07) is 13.1. The van der Waals surface area contributed by atoms with Crippen LogP contribution in [0.4, 0.5) is 10.6 Å². The van der Waals surface area contributed by atoms with Crippen LogP contribution in [0.3, 0.4) is 0 Å². The lowest BCUT2D eigenvalue weighted by Gasteiger charge is -2.29. The number of ether oxygens (including phenoxy) is 1. The van der Waals surface area contributed by atoms with Crippen LogP contribution < -0.4 is 5.32 Å². The summed E-state index contributed by atoms with van der Waals surface area (Å²) in [4.78, 5) is 29.8. The molecule has 7 heteroatoms. The standard InChI is InChI=1S/C18H19N3O3S/c1-12-7-6-10-19-16(12)20-13(2)24-17(14-8-4-3-5-9-14)21-15(22)11-25-18(21)23/h3-10,13,17H,11H2,1-2H3,(H,19,20). The van der Waals surface area contributed by atoms with E-state index in [1.807, 2.05) is 56.3 Å². The highest BCUT2D eigenvalue weighted by Gasteiger charge is 2.38. The van der Waals surface area contributed by atoms with Gasteiger partial charge in [-0.05, 0) is 25.5 Å². The fraction of sp³-hybridized carbons (Fsp3) is 0.278. The number of imide groups is 1. The molecule has 0 bridgehead atoms.